The molecule has 1 saturated heterocycles. The highest BCUT2D eigenvalue weighted by Crippen LogP contribution is 2.23. The first-order chi connectivity index (χ1) is 12.8. The summed E-state index contributed by atoms with van der Waals surface area (Å²) in [6.45, 7) is 4.06. The molecule has 132 valence electrons. The van der Waals surface area contributed by atoms with Crippen LogP contribution in [0.15, 0.2) is 77.5 Å². The monoisotopic (exact) mass is 365 g/mol. The average molecular weight is 365 g/mol. The standard InChI is InChI=1S/C20H19N3O2S/c1-2-12-25-17-11-7-6-10-16(17)14-21-23-20-22-19(24)18(26-20)13-15-8-4-3-5-9-15/h2-11,14,18H,1,12-13H2,(H,22,23,24)/b21-14+. The Morgan fingerprint density at radius 1 is 1.15 bits per heavy atom. The molecule has 1 aliphatic heterocycles. The van der Waals surface area contributed by atoms with Crippen molar-refractivity contribution in [2.24, 2.45) is 10.2 Å². The van der Waals surface area contributed by atoms with Gasteiger partial charge in [-0.05, 0) is 24.1 Å². The molecule has 3 rings (SSSR count). The van der Waals surface area contributed by atoms with Gasteiger partial charge in [-0.1, -0.05) is 66.9 Å². The lowest BCUT2D eigenvalue weighted by Gasteiger charge is -2.05. The van der Waals surface area contributed by atoms with Gasteiger partial charge in [0.1, 0.15) is 12.4 Å². The minimum absolute atomic E-state index is 0.0393. The molecular formula is C20H19N3O2S. The van der Waals surface area contributed by atoms with Crippen LogP contribution in [0.3, 0.4) is 0 Å². The highest BCUT2D eigenvalue weighted by atomic mass is 32.2. The van der Waals surface area contributed by atoms with E-state index in [4.69, 9.17) is 4.74 Å². The summed E-state index contributed by atoms with van der Waals surface area (Å²) >= 11 is 1.40. The summed E-state index contributed by atoms with van der Waals surface area (Å²) < 4.78 is 5.58. The van der Waals surface area contributed by atoms with Crippen LogP contribution in [0.1, 0.15) is 11.1 Å². The molecule has 6 heteroatoms. The summed E-state index contributed by atoms with van der Waals surface area (Å²) in [6, 6.07) is 17.5. The van der Waals surface area contributed by atoms with Crippen LogP contribution >= 0.6 is 11.8 Å². The fourth-order valence-corrected chi connectivity index (χ4v) is 3.39. The molecule has 0 aliphatic carbocycles. The Morgan fingerprint density at radius 2 is 1.92 bits per heavy atom. The predicted octanol–water partition coefficient (Wildman–Crippen LogP) is 3.42. The molecular weight excluding hydrogens is 346 g/mol. The minimum Gasteiger partial charge on any atom is -0.489 e. The van der Waals surface area contributed by atoms with E-state index in [1.54, 1.807) is 12.3 Å². The van der Waals surface area contributed by atoms with Crippen LogP contribution in [0, 0.1) is 0 Å². The zero-order valence-electron chi connectivity index (χ0n) is 14.2. The number of nitrogens with zero attached hydrogens (tertiary/aromatic N) is 2. The highest BCUT2D eigenvalue weighted by molar-refractivity contribution is 8.15. The van der Waals surface area contributed by atoms with Crippen molar-refractivity contribution in [3.8, 4) is 5.75 Å². The van der Waals surface area contributed by atoms with Crippen molar-refractivity contribution in [1.82, 2.24) is 5.32 Å². The van der Waals surface area contributed by atoms with Crippen molar-refractivity contribution in [3.63, 3.8) is 0 Å². The molecule has 1 aliphatic rings. The molecule has 2 aromatic rings. The number of benzene rings is 2. The number of carbonyl (C=O) groups excluding carboxylic acids is 1. The Labute approximate surface area is 156 Å². The van der Waals surface area contributed by atoms with Crippen molar-refractivity contribution in [2.45, 2.75) is 11.7 Å². The van der Waals surface area contributed by atoms with Gasteiger partial charge < -0.3 is 10.1 Å². The topological polar surface area (TPSA) is 63.1 Å². The summed E-state index contributed by atoms with van der Waals surface area (Å²) in [5, 5.41) is 11.3. The second-order valence-corrected chi connectivity index (χ2v) is 6.76. The quantitative estimate of drug-likeness (QED) is 0.465. The third-order valence-corrected chi connectivity index (χ3v) is 4.73. The van der Waals surface area contributed by atoms with Gasteiger partial charge in [-0.3, -0.25) is 4.79 Å². The third-order valence-electron chi connectivity index (χ3n) is 3.66. The molecule has 0 aromatic heterocycles. The van der Waals surface area contributed by atoms with Gasteiger partial charge in [0, 0.05) is 5.56 Å². The highest BCUT2D eigenvalue weighted by Gasteiger charge is 2.30. The van der Waals surface area contributed by atoms with Crippen molar-refractivity contribution in [1.29, 1.82) is 0 Å². The van der Waals surface area contributed by atoms with E-state index in [1.165, 1.54) is 11.8 Å². The summed E-state index contributed by atoms with van der Waals surface area (Å²) in [5.74, 6) is 0.670. The molecule has 1 amide bonds. The molecule has 0 spiro atoms. The Kier molecular flexibility index (Phi) is 6.22. The van der Waals surface area contributed by atoms with Crippen LogP contribution in [0.5, 0.6) is 5.75 Å². The molecule has 26 heavy (non-hydrogen) atoms. The maximum Gasteiger partial charge on any atom is 0.239 e. The van der Waals surface area contributed by atoms with Crippen molar-refractivity contribution < 1.29 is 9.53 Å². The van der Waals surface area contributed by atoms with Gasteiger partial charge in [0.15, 0.2) is 5.17 Å². The van der Waals surface area contributed by atoms with E-state index >= 15 is 0 Å². The maximum absolute atomic E-state index is 12.1. The molecule has 5 nitrogen and oxygen atoms in total. The Morgan fingerprint density at radius 3 is 2.73 bits per heavy atom. The smallest absolute Gasteiger partial charge is 0.239 e. The summed E-state index contributed by atoms with van der Waals surface area (Å²) in [4.78, 5) is 12.1. The number of ether oxygens (including phenoxy) is 1. The number of amides is 1. The van der Waals surface area contributed by atoms with Crippen LogP contribution in [-0.2, 0) is 11.2 Å². The fraction of sp³-hybridized carbons (Fsp3) is 0.150. The molecule has 1 fully saturated rings. The van der Waals surface area contributed by atoms with Crippen LogP contribution in [0.4, 0.5) is 0 Å². The second-order valence-electron chi connectivity index (χ2n) is 5.57. The molecule has 1 unspecified atom stereocenters. The predicted molar refractivity (Wildman–Crippen MR) is 107 cm³/mol. The number of amidine groups is 1. The lowest BCUT2D eigenvalue weighted by atomic mass is 10.1. The first-order valence-electron chi connectivity index (χ1n) is 8.21. The fourth-order valence-electron chi connectivity index (χ4n) is 2.43. The minimum atomic E-state index is -0.186. The maximum atomic E-state index is 12.1. The number of para-hydroxylation sites is 1. The Hall–Kier alpha value is -2.86. The van der Waals surface area contributed by atoms with Gasteiger partial charge in [-0.25, -0.2) is 0 Å². The number of rotatable bonds is 7. The molecule has 2 aromatic carbocycles. The lowest BCUT2D eigenvalue weighted by Crippen LogP contribution is -2.25. The van der Waals surface area contributed by atoms with Gasteiger partial charge in [0.2, 0.25) is 5.91 Å². The molecule has 0 bridgehead atoms. The van der Waals surface area contributed by atoms with E-state index in [9.17, 15) is 4.79 Å². The van der Waals surface area contributed by atoms with Gasteiger partial charge in [0.05, 0.1) is 11.5 Å². The number of hydrogen-bond donors (Lipinski definition) is 1. The van der Waals surface area contributed by atoms with E-state index in [2.05, 4.69) is 22.1 Å². The van der Waals surface area contributed by atoms with E-state index < -0.39 is 0 Å². The van der Waals surface area contributed by atoms with Crippen LogP contribution in [-0.4, -0.2) is 29.1 Å². The summed E-state index contributed by atoms with van der Waals surface area (Å²) in [6.07, 6.45) is 3.96. The molecule has 0 radical (unpaired) electrons. The van der Waals surface area contributed by atoms with Crippen LogP contribution < -0.4 is 10.1 Å². The number of nitrogens with one attached hydrogen (secondary N) is 1. The molecule has 1 heterocycles. The Balaban J connectivity index is 1.63. The van der Waals surface area contributed by atoms with Crippen molar-refractivity contribution in [2.75, 3.05) is 6.61 Å². The number of thioether (sulfide) groups is 1. The third kappa shape index (κ3) is 4.83. The SMILES string of the molecule is C=CCOc1ccccc1/C=N/N=C1\NC(=O)C(Cc2ccccc2)S1. The van der Waals surface area contributed by atoms with E-state index in [0.29, 0.717) is 23.9 Å². The second kappa shape index (κ2) is 9.01. The van der Waals surface area contributed by atoms with Crippen LogP contribution in [0.2, 0.25) is 0 Å². The zero-order chi connectivity index (χ0) is 18.2. The number of carbonyl (C=O) groups is 1. The van der Waals surface area contributed by atoms with Gasteiger partial charge in [-0.15, -0.1) is 5.10 Å². The summed E-state index contributed by atoms with van der Waals surface area (Å²) in [5.41, 5.74) is 1.94. The van der Waals surface area contributed by atoms with Crippen LogP contribution in [0.25, 0.3) is 0 Å². The average Bonchev–Trinajstić information content (AvgIpc) is 3.01. The van der Waals surface area contributed by atoms with Gasteiger partial charge >= 0.3 is 0 Å². The molecule has 0 saturated carbocycles. The first kappa shape index (κ1) is 17.9. The van der Waals surface area contributed by atoms with E-state index in [-0.39, 0.29) is 11.2 Å². The zero-order valence-corrected chi connectivity index (χ0v) is 15.0. The van der Waals surface area contributed by atoms with Gasteiger partial charge in [0.25, 0.3) is 0 Å². The van der Waals surface area contributed by atoms with Crippen molar-refractivity contribution >= 4 is 29.1 Å². The van der Waals surface area contributed by atoms with E-state index in [0.717, 1.165) is 11.1 Å². The summed E-state index contributed by atoms with van der Waals surface area (Å²) in [7, 11) is 0. The van der Waals surface area contributed by atoms with Gasteiger partial charge in [-0.2, -0.15) is 5.10 Å². The van der Waals surface area contributed by atoms with E-state index in [1.807, 2.05) is 54.6 Å². The molecule has 1 N–H and O–H groups in total. The van der Waals surface area contributed by atoms with Crippen molar-refractivity contribution in [3.05, 3.63) is 78.4 Å². The molecule has 1 atom stereocenters. The normalized spacial score (nSPS) is 18.2. The Bertz CT molecular complexity index is 834. The lowest BCUT2D eigenvalue weighted by molar-refractivity contribution is -0.118. The largest absolute Gasteiger partial charge is 0.489 e. The number of hydrogen-bond acceptors (Lipinski definition) is 5. The first-order valence-corrected chi connectivity index (χ1v) is 9.09.